The average Bonchev–Trinajstić information content (AvgIpc) is 2.91. The standard InChI is InChI=1S/C37H63N6O2/c1-38(2)22-14-23-39(24-15-27-41(3,4)5)32-20-12-18-30-34(32)37(45)35-31(36(30)44)19-13-21-33(35)40(25-16-28-42(6,7)8)26-17-29-43(9,10)11/h12-13,18-21H,14-17,22-29H2,1-11H3/q+3. The zero-order valence-corrected chi connectivity index (χ0v) is 30.4. The molecule has 2 aromatic rings. The molecule has 3 rings (SSSR count). The van der Waals surface area contributed by atoms with Crippen LogP contribution in [0.5, 0.6) is 0 Å². The Labute approximate surface area is 274 Å². The molecule has 0 bridgehead atoms. The number of rotatable bonds is 18. The van der Waals surface area contributed by atoms with Gasteiger partial charge in [0.25, 0.3) is 0 Å². The maximum atomic E-state index is 14.8. The van der Waals surface area contributed by atoms with Crippen molar-refractivity contribution in [1.82, 2.24) is 4.90 Å². The van der Waals surface area contributed by atoms with Gasteiger partial charge in [0.15, 0.2) is 11.6 Å². The Kier molecular flexibility index (Phi) is 12.4. The molecule has 0 saturated carbocycles. The Morgan fingerprint density at radius 3 is 1.18 bits per heavy atom. The monoisotopic (exact) mass is 623 g/mol. The number of carbonyl (C=O) groups excluding carboxylic acids is 2. The van der Waals surface area contributed by atoms with Crippen LogP contribution >= 0.6 is 0 Å². The van der Waals surface area contributed by atoms with Crippen LogP contribution in [-0.4, -0.2) is 160 Å². The van der Waals surface area contributed by atoms with E-state index in [1.807, 2.05) is 24.3 Å². The predicted octanol–water partition coefficient (Wildman–Crippen LogP) is 4.32. The van der Waals surface area contributed by atoms with Gasteiger partial charge in [-0.05, 0) is 39.2 Å². The number of anilines is 2. The molecule has 0 unspecified atom stereocenters. The molecule has 2 aromatic carbocycles. The van der Waals surface area contributed by atoms with Crippen LogP contribution in [0.2, 0.25) is 0 Å². The smallest absolute Gasteiger partial charge is 0.198 e. The number of hydrogen-bond donors (Lipinski definition) is 0. The molecule has 8 heteroatoms. The Balaban J connectivity index is 2.05. The molecule has 0 atom stereocenters. The second-order valence-electron chi connectivity index (χ2n) is 16.3. The minimum absolute atomic E-state index is 0.0155. The largest absolute Gasteiger partial charge is 0.371 e. The van der Waals surface area contributed by atoms with Gasteiger partial charge in [-0.25, -0.2) is 0 Å². The molecule has 0 saturated heterocycles. The summed E-state index contributed by atoms with van der Waals surface area (Å²) in [5.41, 5.74) is 4.03. The minimum atomic E-state index is -0.0411. The number of benzene rings is 2. The lowest BCUT2D eigenvalue weighted by Crippen LogP contribution is -2.40. The van der Waals surface area contributed by atoms with Gasteiger partial charge in [0.1, 0.15) is 0 Å². The van der Waals surface area contributed by atoms with Crippen LogP contribution in [0.25, 0.3) is 0 Å². The Bertz CT molecular complexity index is 1280. The van der Waals surface area contributed by atoms with Crippen LogP contribution in [0.3, 0.4) is 0 Å². The highest BCUT2D eigenvalue weighted by molar-refractivity contribution is 6.31. The zero-order valence-electron chi connectivity index (χ0n) is 30.4. The van der Waals surface area contributed by atoms with Gasteiger partial charge in [-0.1, -0.05) is 24.3 Å². The quantitative estimate of drug-likeness (QED) is 0.198. The SMILES string of the molecule is CN(C)CCCN(CCC[N+](C)(C)C)c1cccc2c1C(=O)c1c(cccc1N(CCC[N+](C)(C)C)CCC[N+](C)(C)C)C2=O. The summed E-state index contributed by atoms with van der Waals surface area (Å²) in [5.74, 6) is -0.0567. The minimum Gasteiger partial charge on any atom is -0.371 e. The summed E-state index contributed by atoms with van der Waals surface area (Å²) < 4.78 is 2.68. The summed E-state index contributed by atoms with van der Waals surface area (Å²) in [6.45, 7) is 7.46. The van der Waals surface area contributed by atoms with Gasteiger partial charge in [0, 0.05) is 67.9 Å². The van der Waals surface area contributed by atoms with E-state index in [1.165, 1.54) is 0 Å². The topological polar surface area (TPSA) is 43.9 Å². The van der Waals surface area contributed by atoms with Crippen molar-refractivity contribution < 1.29 is 23.0 Å². The van der Waals surface area contributed by atoms with Crippen molar-refractivity contribution in [2.45, 2.75) is 25.7 Å². The second kappa shape index (κ2) is 15.2. The van der Waals surface area contributed by atoms with E-state index in [9.17, 15) is 9.59 Å². The van der Waals surface area contributed by atoms with E-state index >= 15 is 0 Å². The Morgan fingerprint density at radius 1 is 0.489 bits per heavy atom. The highest BCUT2D eigenvalue weighted by atomic mass is 16.1. The summed E-state index contributed by atoms with van der Waals surface area (Å²) in [7, 11) is 24.2. The van der Waals surface area contributed by atoms with Crippen molar-refractivity contribution in [3.05, 3.63) is 58.7 Å². The summed E-state index contributed by atoms with van der Waals surface area (Å²) in [6.07, 6.45) is 4.00. The van der Waals surface area contributed by atoms with Crippen molar-refractivity contribution in [3.8, 4) is 0 Å². The molecule has 1 aliphatic carbocycles. The van der Waals surface area contributed by atoms with E-state index < -0.39 is 0 Å². The highest BCUT2D eigenvalue weighted by Gasteiger charge is 2.35. The zero-order chi connectivity index (χ0) is 33.6. The summed E-state index contributed by atoms with van der Waals surface area (Å²) in [5, 5.41) is 0. The predicted molar refractivity (Wildman–Crippen MR) is 190 cm³/mol. The summed E-state index contributed by atoms with van der Waals surface area (Å²) in [6, 6.07) is 11.7. The van der Waals surface area contributed by atoms with Gasteiger partial charge >= 0.3 is 0 Å². The molecule has 250 valence electrons. The van der Waals surface area contributed by atoms with Gasteiger partial charge < -0.3 is 28.1 Å². The van der Waals surface area contributed by atoms with E-state index in [0.29, 0.717) is 22.3 Å². The molecule has 45 heavy (non-hydrogen) atoms. The third kappa shape index (κ3) is 10.9. The maximum absolute atomic E-state index is 14.8. The van der Waals surface area contributed by atoms with Crippen LogP contribution in [0.1, 0.15) is 57.5 Å². The van der Waals surface area contributed by atoms with E-state index in [4.69, 9.17) is 0 Å². The van der Waals surface area contributed by atoms with Crippen molar-refractivity contribution in [2.75, 3.05) is 140 Å². The van der Waals surface area contributed by atoms with E-state index in [2.05, 4.69) is 104 Å². The molecular weight excluding hydrogens is 560 g/mol. The van der Waals surface area contributed by atoms with Crippen molar-refractivity contribution >= 4 is 22.9 Å². The van der Waals surface area contributed by atoms with Crippen molar-refractivity contribution in [3.63, 3.8) is 0 Å². The van der Waals surface area contributed by atoms with Crippen molar-refractivity contribution in [1.29, 1.82) is 0 Å². The number of carbonyl (C=O) groups is 2. The molecule has 0 heterocycles. The van der Waals surface area contributed by atoms with Crippen molar-refractivity contribution in [2.24, 2.45) is 0 Å². The number of quaternary nitrogens is 3. The fourth-order valence-electron chi connectivity index (χ4n) is 6.22. The second-order valence-corrected chi connectivity index (χ2v) is 16.3. The first-order valence-electron chi connectivity index (χ1n) is 16.8. The third-order valence-electron chi connectivity index (χ3n) is 8.51. The Morgan fingerprint density at radius 2 is 0.844 bits per heavy atom. The summed E-state index contributed by atoms with van der Waals surface area (Å²) in [4.78, 5) is 35.8. The fraction of sp³-hybridized carbons (Fsp3) is 0.622. The van der Waals surface area contributed by atoms with E-state index in [-0.39, 0.29) is 11.6 Å². The lowest BCUT2D eigenvalue weighted by molar-refractivity contribution is -0.870. The normalized spacial score (nSPS) is 13.7. The van der Waals surface area contributed by atoms with Gasteiger partial charge in [-0.15, -0.1) is 0 Å². The maximum Gasteiger partial charge on any atom is 0.198 e. The van der Waals surface area contributed by atoms with Crippen LogP contribution in [0.15, 0.2) is 36.4 Å². The summed E-state index contributed by atoms with van der Waals surface area (Å²) >= 11 is 0. The first kappa shape index (κ1) is 36.7. The van der Waals surface area contributed by atoms with Gasteiger partial charge in [0.05, 0.1) is 94.2 Å². The number of hydrogen-bond acceptors (Lipinski definition) is 5. The molecule has 1 aliphatic rings. The molecule has 0 N–H and O–H groups in total. The van der Waals surface area contributed by atoms with Crippen LogP contribution in [0, 0.1) is 0 Å². The van der Waals surface area contributed by atoms with Crippen LogP contribution in [0.4, 0.5) is 11.4 Å². The number of fused-ring (bicyclic) bond motifs is 2. The molecule has 0 radical (unpaired) electrons. The first-order valence-corrected chi connectivity index (χ1v) is 16.8. The van der Waals surface area contributed by atoms with Gasteiger partial charge in [-0.3, -0.25) is 9.59 Å². The van der Waals surface area contributed by atoms with E-state index in [1.54, 1.807) is 0 Å². The lowest BCUT2D eigenvalue weighted by atomic mass is 9.81. The molecule has 0 aromatic heterocycles. The lowest BCUT2D eigenvalue weighted by Gasteiger charge is -2.34. The first-order chi connectivity index (χ1) is 20.9. The van der Waals surface area contributed by atoms with Crippen LogP contribution < -0.4 is 9.80 Å². The Hall–Kier alpha value is -2.78. The van der Waals surface area contributed by atoms with Crippen LogP contribution in [-0.2, 0) is 0 Å². The number of ketones is 2. The molecular formula is C37H63N6O2+3. The third-order valence-corrected chi connectivity index (χ3v) is 8.51. The molecule has 0 aliphatic heterocycles. The molecule has 0 fully saturated rings. The van der Waals surface area contributed by atoms with Gasteiger partial charge in [0.2, 0.25) is 0 Å². The highest BCUT2D eigenvalue weighted by Crippen LogP contribution is 2.38. The van der Waals surface area contributed by atoms with Gasteiger partial charge in [-0.2, -0.15) is 0 Å². The molecule has 0 amide bonds. The molecule has 8 nitrogen and oxygen atoms in total. The average molecular weight is 624 g/mol. The van der Waals surface area contributed by atoms with E-state index in [0.717, 1.165) is 103 Å². The molecule has 0 spiro atoms. The number of nitrogens with zero attached hydrogens (tertiary/aromatic N) is 6. The fourth-order valence-corrected chi connectivity index (χ4v) is 6.22.